The van der Waals surface area contributed by atoms with Crippen molar-refractivity contribution in [3.05, 3.63) is 70.8 Å². The second-order valence-corrected chi connectivity index (χ2v) is 8.70. The summed E-state index contributed by atoms with van der Waals surface area (Å²) < 4.78 is 12.3. The van der Waals surface area contributed by atoms with Gasteiger partial charge in [0.15, 0.2) is 5.96 Å². The quantitative estimate of drug-likeness (QED) is 0.330. The van der Waals surface area contributed by atoms with Crippen LogP contribution < -0.4 is 5.32 Å². The van der Waals surface area contributed by atoms with Crippen molar-refractivity contribution in [2.45, 2.75) is 38.9 Å². The molecule has 2 aromatic rings. The molecule has 0 spiro atoms. The summed E-state index contributed by atoms with van der Waals surface area (Å²) in [6, 6.07) is 17.2. The molecule has 2 aliphatic rings. The Balaban J connectivity index is 0.00000289. The molecule has 5 nitrogen and oxygen atoms in total. The van der Waals surface area contributed by atoms with Crippen LogP contribution in [0.1, 0.15) is 47.3 Å². The van der Waals surface area contributed by atoms with Crippen molar-refractivity contribution < 1.29 is 9.47 Å². The molecular weight excluding hydrogens is 513 g/mol. The van der Waals surface area contributed by atoms with Crippen molar-refractivity contribution in [2.24, 2.45) is 10.9 Å². The summed E-state index contributed by atoms with van der Waals surface area (Å²) in [7, 11) is 1.87. The van der Waals surface area contributed by atoms with E-state index in [1.807, 2.05) is 7.05 Å². The minimum atomic E-state index is 0. The van der Waals surface area contributed by atoms with E-state index in [1.54, 1.807) is 0 Å². The van der Waals surface area contributed by atoms with Crippen molar-refractivity contribution in [3.8, 4) is 0 Å². The molecule has 6 heteroatoms. The van der Waals surface area contributed by atoms with E-state index in [0.29, 0.717) is 12.5 Å². The molecule has 0 aromatic heterocycles. The molecule has 2 saturated heterocycles. The second-order valence-electron chi connectivity index (χ2n) is 8.70. The number of hydrogen-bond acceptors (Lipinski definition) is 3. The summed E-state index contributed by atoms with van der Waals surface area (Å²) >= 11 is 0. The Bertz CT molecular complexity index is 890. The topological polar surface area (TPSA) is 46.1 Å². The molecule has 0 radical (unpaired) electrons. The van der Waals surface area contributed by atoms with Gasteiger partial charge in [0.25, 0.3) is 0 Å². The molecule has 2 heterocycles. The molecule has 0 amide bonds. The molecule has 3 atom stereocenters. The van der Waals surface area contributed by atoms with Crippen LogP contribution in [0.5, 0.6) is 0 Å². The molecule has 2 aliphatic heterocycles. The lowest BCUT2D eigenvalue weighted by Crippen LogP contribution is -2.49. The molecule has 0 saturated carbocycles. The van der Waals surface area contributed by atoms with E-state index in [4.69, 9.17) is 9.47 Å². The Labute approximate surface area is 209 Å². The van der Waals surface area contributed by atoms with Crippen LogP contribution in [-0.4, -0.2) is 50.8 Å². The zero-order chi connectivity index (χ0) is 21.6. The highest BCUT2D eigenvalue weighted by Gasteiger charge is 2.29. The van der Waals surface area contributed by atoms with E-state index in [1.165, 1.54) is 22.3 Å². The lowest BCUT2D eigenvalue weighted by Gasteiger charge is -2.37. The van der Waals surface area contributed by atoms with Crippen molar-refractivity contribution in [2.75, 3.05) is 39.9 Å². The molecular formula is C26H36IN3O2. The maximum Gasteiger partial charge on any atom is 0.193 e. The number of rotatable bonds is 4. The van der Waals surface area contributed by atoms with Crippen LogP contribution >= 0.6 is 24.0 Å². The Morgan fingerprint density at radius 1 is 1.09 bits per heavy atom. The molecule has 32 heavy (non-hydrogen) atoms. The molecule has 174 valence electrons. The van der Waals surface area contributed by atoms with Crippen LogP contribution in [0.25, 0.3) is 0 Å². The second kappa shape index (κ2) is 12.0. The number of halogens is 1. The monoisotopic (exact) mass is 549 g/mol. The first-order valence-electron chi connectivity index (χ1n) is 11.5. The number of morpholine rings is 1. The molecule has 2 fully saturated rings. The maximum atomic E-state index is 6.17. The molecule has 2 aromatic carbocycles. The number of benzene rings is 2. The lowest BCUT2D eigenvalue weighted by atomic mass is 9.89. The molecule has 1 N–H and O–H groups in total. The first-order valence-corrected chi connectivity index (χ1v) is 11.5. The third kappa shape index (κ3) is 6.02. The van der Waals surface area contributed by atoms with E-state index < -0.39 is 0 Å². The summed E-state index contributed by atoms with van der Waals surface area (Å²) in [6.45, 7) is 8.37. The predicted molar refractivity (Wildman–Crippen MR) is 141 cm³/mol. The van der Waals surface area contributed by atoms with Crippen LogP contribution in [0, 0.1) is 19.8 Å². The number of nitrogens with one attached hydrogen (secondary N) is 1. The summed E-state index contributed by atoms with van der Waals surface area (Å²) in [4.78, 5) is 6.92. The van der Waals surface area contributed by atoms with Crippen LogP contribution in [0.3, 0.4) is 0 Å². The van der Waals surface area contributed by atoms with Gasteiger partial charge in [0, 0.05) is 32.7 Å². The van der Waals surface area contributed by atoms with E-state index in [0.717, 1.165) is 45.0 Å². The molecule has 4 rings (SSSR count). The fraction of sp³-hybridized carbons (Fsp3) is 0.500. The standard InChI is InChI=1S/C26H35N3O2.HI/c1-19-11-12-23(20(2)16-19)24-18-29(13-15-30-24)26(27-3)28-17-22-10-7-14-31-25(22)21-8-5-4-6-9-21;/h4-6,8-9,11-12,16,22,24-25H,7,10,13-15,17-18H2,1-3H3,(H,27,28);1H. The van der Waals surface area contributed by atoms with Crippen LogP contribution in [0.15, 0.2) is 53.5 Å². The van der Waals surface area contributed by atoms with Crippen molar-refractivity contribution in [3.63, 3.8) is 0 Å². The Hall–Kier alpha value is -1.64. The third-order valence-corrected chi connectivity index (χ3v) is 6.45. The lowest BCUT2D eigenvalue weighted by molar-refractivity contribution is -0.0276. The first kappa shape index (κ1) is 25.0. The van der Waals surface area contributed by atoms with Crippen molar-refractivity contribution >= 4 is 29.9 Å². The van der Waals surface area contributed by atoms with Gasteiger partial charge >= 0.3 is 0 Å². The van der Waals surface area contributed by atoms with Gasteiger partial charge < -0.3 is 19.7 Å². The number of nitrogens with zero attached hydrogens (tertiary/aromatic N) is 2. The highest BCUT2D eigenvalue weighted by Crippen LogP contribution is 2.33. The SMILES string of the molecule is CN=C(NCC1CCCOC1c1ccccc1)N1CCOC(c2ccc(C)cc2C)C1.I. The highest BCUT2D eigenvalue weighted by molar-refractivity contribution is 14.0. The highest BCUT2D eigenvalue weighted by atomic mass is 127. The van der Waals surface area contributed by atoms with Crippen LogP contribution in [-0.2, 0) is 9.47 Å². The minimum absolute atomic E-state index is 0. The van der Waals surface area contributed by atoms with Gasteiger partial charge in [-0.1, -0.05) is 54.1 Å². The molecule has 3 unspecified atom stereocenters. The average Bonchev–Trinajstić information content (AvgIpc) is 2.80. The number of guanidine groups is 1. The van der Waals surface area contributed by atoms with Crippen molar-refractivity contribution in [1.29, 1.82) is 0 Å². The predicted octanol–water partition coefficient (Wildman–Crippen LogP) is 5.04. The van der Waals surface area contributed by atoms with Gasteiger partial charge in [-0.05, 0) is 43.4 Å². The Kier molecular flexibility index (Phi) is 9.37. The number of hydrogen-bond donors (Lipinski definition) is 1. The van der Waals surface area contributed by atoms with Crippen molar-refractivity contribution in [1.82, 2.24) is 10.2 Å². The minimum Gasteiger partial charge on any atom is -0.373 e. The zero-order valence-corrected chi connectivity index (χ0v) is 21.8. The van der Waals surface area contributed by atoms with Gasteiger partial charge in [-0.15, -0.1) is 24.0 Å². The third-order valence-electron chi connectivity index (χ3n) is 6.45. The van der Waals surface area contributed by atoms with E-state index in [-0.39, 0.29) is 36.2 Å². The maximum absolute atomic E-state index is 6.17. The van der Waals surface area contributed by atoms with Gasteiger partial charge in [-0.25, -0.2) is 0 Å². The van der Waals surface area contributed by atoms with Gasteiger partial charge in [-0.2, -0.15) is 0 Å². The van der Waals surface area contributed by atoms with Gasteiger partial charge in [0.05, 0.1) is 19.3 Å². The van der Waals surface area contributed by atoms with Gasteiger partial charge in [-0.3, -0.25) is 4.99 Å². The Morgan fingerprint density at radius 3 is 2.66 bits per heavy atom. The average molecular weight is 549 g/mol. The molecule has 0 aliphatic carbocycles. The van der Waals surface area contributed by atoms with E-state index in [2.05, 4.69) is 77.6 Å². The largest absolute Gasteiger partial charge is 0.373 e. The summed E-state index contributed by atoms with van der Waals surface area (Å²) in [5.41, 5.74) is 5.12. The van der Waals surface area contributed by atoms with Crippen LogP contribution in [0.4, 0.5) is 0 Å². The number of aryl methyl sites for hydroxylation is 2. The molecule has 0 bridgehead atoms. The smallest absolute Gasteiger partial charge is 0.193 e. The zero-order valence-electron chi connectivity index (χ0n) is 19.4. The fourth-order valence-electron chi connectivity index (χ4n) is 4.83. The van der Waals surface area contributed by atoms with Crippen LogP contribution in [0.2, 0.25) is 0 Å². The number of aliphatic imine (C=N–C) groups is 1. The first-order chi connectivity index (χ1) is 15.2. The van der Waals surface area contributed by atoms with Gasteiger partial charge in [0.2, 0.25) is 0 Å². The van der Waals surface area contributed by atoms with Gasteiger partial charge in [0.1, 0.15) is 6.10 Å². The van der Waals surface area contributed by atoms with E-state index >= 15 is 0 Å². The summed E-state index contributed by atoms with van der Waals surface area (Å²) in [5, 5.41) is 3.64. The normalized spacial score (nSPS) is 24.0. The Morgan fingerprint density at radius 2 is 1.91 bits per heavy atom. The summed E-state index contributed by atoms with van der Waals surface area (Å²) in [5.74, 6) is 1.39. The fourth-order valence-corrected chi connectivity index (χ4v) is 4.83. The number of ether oxygens (including phenoxy) is 2. The van der Waals surface area contributed by atoms with E-state index in [9.17, 15) is 0 Å². The summed E-state index contributed by atoms with van der Waals surface area (Å²) in [6.07, 6.45) is 2.49.